The van der Waals surface area contributed by atoms with E-state index in [4.69, 9.17) is 21.7 Å². The van der Waals surface area contributed by atoms with Gasteiger partial charge in [0.25, 0.3) is 5.91 Å². The minimum atomic E-state index is -0.373. The number of hydrogen-bond acceptors (Lipinski definition) is 4. The van der Waals surface area contributed by atoms with E-state index in [0.717, 1.165) is 36.1 Å². The zero-order valence-electron chi connectivity index (χ0n) is 17.5. The predicted molar refractivity (Wildman–Crippen MR) is 129 cm³/mol. The molecule has 0 bridgehead atoms. The highest BCUT2D eigenvalue weighted by molar-refractivity contribution is 7.80. The summed E-state index contributed by atoms with van der Waals surface area (Å²) in [6, 6.07) is 23.8. The summed E-state index contributed by atoms with van der Waals surface area (Å²) in [5, 5.41) is 9.85. The molecule has 2 unspecified atom stereocenters. The van der Waals surface area contributed by atoms with E-state index in [1.165, 1.54) is 11.8 Å². The van der Waals surface area contributed by atoms with E-state index in [-0.39, 0.29) is 28.7 Å². The summed E-state index contributed by atoms with van der Waals surface area (Å²) in [6.45, 7) is 0. The van der Waals surface area contributed by atoms with E-state index in [1.807, 2.05) is 36.4 Å². The summed E-state index contributed by atoms with van der Waals surface area (Å²) in [7, 11) is 0. The Morgan fingerprint density at radius 1 is 1.06 bits per heavy atom. The molecule has 1 aliphatic carbocycles. The Labute approximate surface area is 192 Å². The van der Waals surface area contributed by atoms with Crippen LogP contribution in [0.25, 0.3) is 6.08 Å². The van der Waals surface area contributed by atoms with Crippen LogP contribution >= 0.6 is 12.2 Å². The fourth-order valence-corrected chi connectivity index (χ4v) is 4.77. The third kappa shape index (κ3) is 4.01. The molecule has 2 heterocycles. The van der Waals surface area contributed by atoms with Crippen molar-refractivity contribution < 1.29 is 9.21 Å². The molecule has 2 aliphatic rings. The second kappa shape index (κ2) is 8.93. The Hall–Kier alpha value is -3.51. The van der Waals surface area contributed by atoms with E-state index >= 15 is 0 Å². The van der Waals surface area contributed by atoms with Gasteiger partial charge in [-0.25, -0.2) is 5.01 Å². The molecule has 160 valence electrons. The quantitative estimate of drug-likeness (QED) is 0.538. The number of nitrogens with one attached hydrogen (secondary N) is 1. The Morgan fingerprint density at radius 2 is 1.81 bits per heavy atom. The molecule has 6 heteroatoms. The van der Waals surface area contributed by atoms with Crippen LogP contribution < -0.4 is 5.32 Å². The van der Waals surface area contributed by atoms with E-state index in [2.05, 4.69) is 35.7 Å². The molecule has 5 rings (SSSR count). The molecule has 32 heavy (non-hydrogen) atoms. The largest absolute Gasteiger partial charge is 0.459 e. The van der Waals surface area contributed by atoms with Crippen LogP contribution in [-0.2, 0) is 0 Å². The van der Waals surface area contributed by atoms with Gasteiger partial charge in [-0.15, -0.1) is 0 Å². The third-order valence-electron chi connectivity index (χ3n) is 5.96. The van der Waals surface area contributed by atoms with Gasteiger partial charge in [-0.05, 0) is 66.4 Å². The summed E-state index contributed by atoms with van der Waals surface area (Å²) in [5.74, 6) is 0.0547. The van der Waals surface area contributed by atoms with Crippen molar-refractivity contribution in [2.45, 2.75) is 25.3 Å². The van der Waals surface area contributed by atoms with Gasteiger partial charge in [-0.1, -0.05) is 60.7 Å². The second-order valence-electron chi connectivity index (χ2n) is 8.00. The number of rotatable bonds is 3. The minimum Gasteiger partial charge on any atom is -0.459 e. The first-order valence-corrected chi connectivity index (χ1v) is 11.2. The zero-order chi connectivity index (χ0) is 21.9. The van der Waals surface area contributed by atoms with Gasteiger partial charge in [0.2, 0.25) is 0 Å². The highest BCUT2D eigenvalue weighted by Gasteiger charge is 2.43. The summed E-state index contributed by atoms with van der Waals surface area (Å²) in [5.41, 5.74) is 4.58. The van der Waals surface area contributed by atoms with Crippen LogP contribution in [0.2, 0.25) is 0 Å². The fourth-order valence-electron chi connectivity index (χ4n) is 4.53. The van der Waals surface area contributed by atoms with Gasteiger partial charge in [0.05, 0.1) is 18.0 Å². The highest BCUT2D eigenvalue weighted by atomic mass is 32.1. The van der Waals surface area contributed by atoms with E-state index in [1.54, 1.807) is 17.1 Å². The van der Waals surface area contributed by atoms with Crippen LogP contribution in [0.4, 0.5) is 0 Å². The molecular weight excluding hydrogens is 418 g/mol. The van der Waals surface area contributed by atoms with Gasteiger partial charge in [0.15, 0.2) is 10.9 Å². The predicted octanol–water partition coefficient (Wildman–Crippen LogP) is 5.59. The van der Waals surface area contributed by atoms with Gasteiger partial charge in [0.1, 0.15) is 0 Å². The van der Waals surface area contributed by atoms with Gasteiger partial charge in [-0.2, -0.15) is 5.10 Å². The number of carbonyl (C=O) groups excluding carboxylic acids is 1. The van der Waals surface area contributed by atoms with E-state index in [9.17, 15) is 4.79 Å². The Bertz CT molecular complexity index is 1170. The van der Waals surface area contributed by atoms with Crippen molar-refractivity contribution in [1.82, 2.24) is 10.3 Å². The maximum Gasteiger partial charge on any atom is 0.293 e. The van der Waals surface area contributed by atoms with Crippen LogP contribution in [-0.4, -0.2) is 21.7 Å². The molecule has 2 atom stereocenters. The summed E-state index contributed by atoms with van der Waals surface area (Å²) in [6.07, 6.45) is 6.78. The molecule has 0 radical (unpaired) electrons. The van der Waals surface area contributed by atoms with Crippen LogP contribution in [0.15, 0.2) is 94.2 Å². The molecule has 1 amide bonds. The van der Waals surface area contributed by atoms with Crippen LogP contribution in [0.3, 0.4) is 0 Å². The lowest BCUT2D eigenvalue weighted by atomic mass is 9.77. The molecule has 5 nitrogen and oxygen atoms in total. The minimum absolute atomic E-state index is 0.0601. The number of furan rings is 1. The molecular formula is C26H23N3O2S. The lowest BCUT2D eigenvalue weighted by Crippen LogP contribution is -2.41. The smallest absolute Gasteiger partial charge is 0.293 e. The number of carbonyl (C=O) groups is 1. The Kier molecular flexibility index (Phi) is 5.69. The van der Waals surface area contributed by atoms with Gasteiger partial charge in [-0.3, -0.25) is 10.1 Å². The molecule has 1 fully saturated rings. The number of amides is 1. The fraction of sp³-hybridized carbons (Fsp3) is 0.192. The number of nitrogens with zero attached hydrogens (tertiary/aromatic N) is 2. The maximum atomic E-state index is 12.6. The lowest BCUT2D eigenvalue weighted by molar-refractivity contribution is 0.0944. The first-order valence-electron chi connectivity index (χ1n) is 10.8. The molecule has 1 saturated carbocycles. The summed E-state index contributed by atoms with van der Waals surface area (Å²) in [4.78, 5) is 12.6. The van der Waals surface area contributed by atoms with Crippen molar-refractivity contribution >= 4 is 35.0 Å². The third-order valence-corrected chi connectivity index (χ3v) is 6.25. The first kappa shape index (κ1) is 20.4. The molecule has 2 aromatic carbocycles. The number of fused-ring (bicyclic) bond motifs is 1. The number of thiocarbonyl (C=S) groups is 1. The van der Waals surface area contributed by atoms with Crippen molar-refractivity contribution in [2.75, 3.05) is 0 Å². The monoisotopic (exact) mass is 441 g/mol. The molecule has 1 aliphatic heterocycles. The standard InChI is InChI=1S/C26H23N3O2S/c30-25(22-15-8-16-31-22)27-26(32)29-24(19-11-5-2-6-12-19)21-14-7-13-20(23(21)28-29)17-18-9-3-1-4-10-18/h1-6,8-12,15-17,21,24H,7,13-14H2,(H,27,30,32). The van der Waals surface area contributed by atoms with Crippen molar-refractivity contribution in [3.8, 4) is 0 Å². The average Bonchev–Trinajstić information content (AvgIpc) is 3.49. The summed E-state index contributed by atoms with van der Waals surface area (Å²) < 4.78 is 5.21. The molecule has 0 saturated heterocycles. The number of benzene rings is 2. The number of allylic oxidation sites excluding steroid dienone is 1. The average molecular weight is 442 g/mol. The number of hydrogen-bond donors (Lipinski definition) is 1. The SMILES string of the molecule is O=C(NC(=S)N1N=C2C(=Cc3ccccc3)CCCC2C1c1ccccc1)c1ccco1. The van der Waals surface area contributed by atoms with Crippen molar-refractivity contribution in [3.05, 3.63) is 102 Å². The van der Waals surface area contributed by atoms with Gasteiger partial charge < -0.3 is 4.42 Å². The zero-order valence-corrected chi connectivity index (χ0v) is 18.3. The van der Waals surface area contributed by atoms with Crippen molar-refractivity contribution in [3.63, 3.8) is 0 Å². The van der Waals surface area contributed by atoms with Crippen LogP contribution in [0, 0.1) is 5.92 Å². The first-order chi connectivity index (χ1) is 15.7. The normalized spacial score (nSPS) is 21.2. The van der Waals surface area contributed by atoms with Crippen molar-refractivity contribution in [1.29, 1.82) is 0 Å². The Balaban J connectivity index is 1.50. The Morgan fingerprint density at radius 3 is 2.53 bits per heavy atom. The maximum absolute atomic E-state index is 12.6. The van der Waals surface area contributed by atoms with Crippen molar-refractivity contribution in [2.24, 2.45) is 11.0 Å². The molecule has 1 N–H and O–H groups in total. The second-order valence-corrected chi connectivity index (χ2v) is 8.39. The molecule has 1 aromatic heterocycles. The van der Waals surface area contributed by atoms with Gasteiger partial charge in [0, 0.05) is 5.92 Å². The topological polar surface area (TPSA) is 57.8 Å². The highest BCUT2D eigenvalue weighted by Crippen LogP contribution is 2.44. The summed E-state index contributed by atoms with van der Waals surface area (Å²) >= 11 is 5.66. The number of hydrazone groups is 1. The molecule has 0 spiro atoms. The molecule has 3 aromatic rings. The van der Waals surface area contributed by atoms with E-state index in [0.29, 0.717) is 0 Å². The lowest BCUT2D eigenvalue weighted by Gasteiger charge is -2.30. The van der Waals surface area contributed by atoms with Gasteiger partial charge >= 0.3 is 0 Å². The van der Waals surface area contributed by atoms with E-state index < -0.39 is 0 Å². The van der Waals surface area contributed by atoms with Crippen LogP contribution in [0.5, 0.6) is 0 Å². The van der Waals surface area contributed by atoms with Crippen LogP contribution in [0.1, 0.15) is 47.0 Å².